The quantitative estimate of drug-likeness (QED) is 0.778. The highest BCUT2D eigenvalue weighted by molar-refractivity contribution is 7.92. The number of sulfonamides is 1. The van der Waals surface area contributed by atoms with Crippen molar-refractivity contribution in [2.24, 2.45) is 0 Å². The standard InChI is InChI=1S/C19H24N2O4S/c1-13-5-9-17(10-6-13)25-12-15(3)20-19(22)16-8-7-14(2)18(11-16)21-26(4,23)24/h5-11,15,21H,12H2,1-4H3,(H,20,22)/t15-/m1/s1. The number of aryl methyl sites for hydroxylation is 2. The maximum absolute atomic E-state index is 12.4. The summed E-state index contributed by atoms with van der Waals surface area (Å²) >= 11 is 0. The molecule has 2 aromatic rings. The van der Waals surface area contributed by atoms with Crippen LogP contribution in [0.15, 0.2) is 42.5 Å². The van der Waals surface area contributed by atoms with Crippen molar-refractivity contribution in [2.45, 2.75) is 26.8 Å². The van der Waals surface area contributed by atoms with Gasteiger partial charge in [0, 0.05) is 5.56 Å². The minimum atomic E-state index is -3.41. The lowest BCUT2D eigenvalue weighted by molar-refractivity contribution is 0.0926. The molecule has 0 spiro atoms. The zero-order chi connectivity index (χ0) is 19.3. The fourth-order valence-electron chi connectivity index (χ4n) is 2.28. The van der Waals surface area contributed by atoms with Crippen LogP contribution in [0.2, 0.25) is 0 Å². The van der Waals surface area contributed by atoms with Crippen LogP contribution < -0.4 is 14.8 Å². The van der Waals surface area contributed by atoms with Crippen LogP contribution in [0.5, 0.6) is 5.75 Å². The van der Waals surface area contributed by atoms with Crippen molar-refractivity contribution in [1.82, 2.24) is 5.32 Å². The van der Waals surface area contributed by atoms with Gasteiger partial charge in [-0.25, -0.2) is 8.42 Å². The molecule has 0 aliphatic rings. The summed E-state index contributed by atoms with van der Waals surface area (Å²) in [7, 11) is -3.41. The van der Waals surface area contributed by atoms with Crippen LogP contribution in [0.1, 0.15) is 28.4 Å². The van der Waals surface area contributed by atoms with E-state index in [0.717, 1.165) is 23.1 Å². The summed E-state index contributed by atoms with van der Waals surface area (Å²) < 4.78 is 30.9. The molecular weight excluding hydrogens is 352 g/mol. The second kappa shape index (κ2) is 8.23. The summed E-state index contributed by atoms with van der Waals surface area (Å²) in [6, 6.07) is 12.4. The molecule has 2 aromatic carbocycles. The molecule has 0 aromatic heterocycles. The molecule has 0 aliphatic carbocycles. The Hall–Kier alpha value is -2.54. The average Bonchev–Trinajstić information content (AvgIpc) is 2.55. The summed E-state index contributed by atoms with van der Waals surface area (Å²) in [5.74, 6) is 0.452. The summed E-state index contributed by atoms with van der Waals surface area (Å²) in [5, 5.41) is 2.85. The maximum Gasteiger partial charge on any atom is 0.251 e. The van der Waals surface area contributed by atoms with E-state index in [0.29, 0.717) is 17.9 Å². The molecule has 0 fully saturated rings. The lowest BCUT2D eigenvalue weighted by Gasteiger charge is -2.16. The number of hydrogen-bond acceptors (Lipinski definition) is 4. The van der Waals surface area contributed by atoms with Crippen LogP contribution in [0, 0.1) is 13.8 Å². The van der Waals surface area contributed by atoms with Gasteiger partial charge < -0.3 is 10.1 Å². The Morgan fingerprint density at radius 3 is 2.38 bits per heavy atom. The molecule has 140 valence electrons. The number of rotatable bonds is 7. The van der Waals surface area contributed by atoms with Crippen LogP contribution in [-0.2, 0) is 10.0 Å². The fourth-order valence-corrected chi connectivity index (χ4v) is 2.90. The molecular formula is C19H24N2O4S. The van der Waals surface area contributed by atoms with Gasteiger partial charge >= 0.3 is 0 Å². The second-order valence-electron chi connectivity index (χ2n) is 6.40. The smallest absolute Gasteiger partial charge is 0.251 e. The number of hydrogen-bond donors (Lipinski definition) is 2. The van der Waals surface area contributed by atoms with E-state index in [2.05, 4.69) is 10.0 Å². The third-order valence-electron chi connectivity index (χ3n) is 3.69. The number of anilines is 1. The molecule has 0 aliphatic heterocycles. The van der Waals surface area contributed by atoms with E-state index in [-0.39, 0.29) is 11.9 Å². The molecule has 0 unspecified atom stereocenters. The highest BCUT2D eigenvalue weighted by Crippen LogP contribution is 2.18. The lowest BCUT2D eigenvalue weighted by Crippen LogP contribution is -2.36. The Morgan fingerprint density at radius 1 is 1.12 bits per heavy atom. The van der Waals surface area contributed by atoms with Crippen molar-refractivity contribution in [3.8, 4) is 5.75 Å². The van der Waals surface area contributed by atoms with Crippen LogP contribution in [-0.4, -0.2) is 33.2 Å². The van der Waals surface area contributed by atoms with Gasteiger partial charge in [-0.2, -0.15) is 0 Å². The number of benzene rings is 2. The van der Waals surface area contributed by atoms with Crippen LogP contribution in [0.25, 0.3) is 0 Å². The number of ether oxygens (including phenoxy) is 1. The second-order valence-corrected chi connectivity index (χ2v) is 8.15. The van der Waals surface area contributed by atoms with E-state index in [1.54, 1.807) is 19.1 Å². The SMILES string of the molecule is Cc1ccc(OC[C@@H](C)NC(=O)c2ccc(C)c(NS(C)(=O)=O)c2)cc1. The van der Waals surface area contributed by atoms with E-state index in [9.17, 15) is 13.2 Å². The molecule has 7 heteroatoms. The first-order valence-electron chi connectivity index (χ1n) is 8.23. The lowest BCUT2D eigenvalue weighted by atomic mass is 10.1. The predicted molar refractivity (Wildman–Crippen MR) is 103 cm³/mol. The van der Waals surface area contributed by atoms with Gasteiger partial charge in [-0.1, -0.05) is 23.8 Å². The van der Waals surface area contributed by atoms with Gasteiger partial charge in [0.25, 0.3) is 5.91 Å². The Balaban J connectivity index is 1.98. The van der Waals surface area contributed by atoms with Crippen LogP contribution in [0.4, 0.5) is 5.69 Å². The Bertz CT molecular complexity index is 877. The van der Waals surface area contributed by atoms with E-state index in [1.807, 2.05) is 38.1 Å². The molecule has 1 amide bonds. The van der Waals surface area contributed by atoms with Crippen molar-refractivity contribution in [2.75, 3.05) is 17.6 Å². The van der Waals surface area contributed by atoms with Crippen molar-refractivity contribution < 1.29 is 17.9 Å². The number of nitrogens with one attached hydrogen (secondary N) is 2. The first-order chi connectivity index (χ1) is 12.1. The number of carbonyl (C=O) groups is 1. The van der Waals surface area contributed by atoms with E-state index >= 15 is 0 Å². The Labute approximate surface area is 154 Å². The largest absolute Gasteiger partial charge is 0.491 e. The summed E-state index contributed by atoms with van der Waals surface area (Å²) in [5.41, 5.74) is 2.66. The van der Waals surface area contributed by atoms with E-state index in [1.165, 1.54) is 6.07 Å². The fraction of sp³-hybridized carbons (Fsp3) is 0.316. The summed E-state index contributed by atoms with van der Waals surface area (Å²) in [4.78, 5) is 12.4. The van der Waals surface area contributed by atoms with Gasteiger partial charge in [0.05, 0.1) is 18.0 Å². The molecule has 0 saturated heterocycles. The van der Waals surface area contributed by atoms with Gasteiger partial charge in [0.15, 0.2) is 0 Å². The van der Waals surface area contributed by atoms with Crippen LogP contribution >= 0.6 is 0 Å². The normalized spacial score (nSPS) is 12.3. The number of amides is 1. The van der Waals surface area contributed by atoms with Gasteiger partial charge in [-0.3, -0.25) is 9.52 Å². The topological polar surface area (TPSA) is 84.5 Å². The van der Waals surface area contributed by atoms with Crippen molar-refractivity contribution in [1.29, 1.82) is 0 Å². The highest BCUT2D eigenvalue weighted by atomic mass is 32.2. The molecule has 6 nitrogen and oxygen atoms in total. The molecule has 0 saturated carbocycles. The maximum atomic E-state index is 12.4. The first-order valence-corrected chi connectivity index (χ1v) is 10.1. The van der Waals surface area contributed by atoms with E-state index in [4.69, 9.17) is 4.74 Å². The summed E-state index contributed by atoms with van der Waals surface area (Å²) in [6.45, 7) is 5.94. The highest BCUT2D eigenvalue weighted by Gasteiger charge is 2.13. The summed E-state index contributed by atoms with van der Waals surface area (Å²) in [6.07, 6.45) is 1.07. The Morgan fingerprint density at radius 2 is 1.77 bits per heavy atom. The zero-order valence-corrected chi connectivity index (χ0v) is 16.2. The van der Waals surface area contributed by atoms with Crippen molar-refractivity contribution in [3.05, 3.63) is 59.2 Å². The average molecular weight is 376 g/mol. The minimum Gasteiger partial charge on any atom is -0.491 e. The molecule has 2 N–H and O–H groups in total. The minimum absolute atomic E-state index is 0.212. The molecule has 0 bridgehead atoms. The molecule has 0 radical (unpaired) electrons. The van der Waals surface area contributed by atoms with Gasteiger partial charge in [-0.05, 0) is 50.6 Å². The molecule has 1 atom stereocenters. The monoisotopic (exact) mass is 376 g/mol. The van der Waals surface area contributed by atoms with E-state index < -0.39 is 10.0 Å². The van der Waals surface area contributed by atoms with Gasteiger partial charge in [0.2, 0.25) is 10.0 Å². The molecule has 26 heavy (non-hydrogen) atoms. The predicted octanol–water partition coefficient (Wildman–Crippen LogP) is 2.87. The number of carbonyl (C=O) groups excluding carboxylic acids is 1. The third-order valence-corrected chi connectivity index (χ3v) is 4.28. The molecule has 2 rings (SSSR count). The van der Waals surface area contributed by atoms with Gasteiger partial charge in [0.1, 0.15) is 12.4 Å². The van der Waals surface area contributed by atoms with Gasteiger partial charge in [-0.15, -0.1) is 0 Å². The van der Waals surface area contributed by atoms with Crippen molar-refractivity contribution >= 4 is 21.6 Å². The Kier molecular flexibility index (Phi) is 6.26. The third kappa shape index (κ3) is 6.07. The zero-order valence-electron chi connectivity index (χ0n) is 15.4. The van der Waals surface area contributed by atoms with Crippen LogP contribution in [0.3, 0.4) is 0 Å². The first kappa shape index (κ1) is 19.8. The van der Waals surface area contributed by atoms with Crippen molar-refractivity contribution in [3.63, 3.8) is 0 Å². The molecule has 0 heterocycles.